The fourth-order valence-electron chi connectivity index (χ4n) is 2.10. The number of ether oxygens (including phenoxy) is 1. The van der Waals surface area contributed by atoms with Gasteiger partial charge in [-0.3, -0.25) is 4.79 Å². The van der Waals surface area contributed by atoms with E-state index in [4.69, 9.17) is 4.74 Å². The third kappa shape index (κ3) is 2.64. The number of amides is 1. The van der Waals surface area contributed by atoms with Crippen molar-refractivity contribution in [1.29, 1.82) is 0 Å². The van der Waals surface area contributed by atoms with Gasteiger partial charge in [0.05, 0.1) is 19.3 Å². The minimum Gasteiger partial charge on any atom is -0.494 e. The Bertz CT molecular complexity index is 456. The summed E-state index contributed by atoms with van der Waals surface area (Å²) in [5.74, 6) is 0.793. The van der Waals surface area contributed by atoms with E-state index in [0.29, 0.717) is 6.54 Å². The SMILES string of the molecule is CNCC(=O)N(C)c1c(C)cc(C)c(C)c1OC. The molecule has 0 heterocycles. The molecule has 0 bridgehead atoms. The van der Waals surface area contributed by atoms with Gasteiger partial charge in [0.15, 0.2) is 0 Å². The van der Waals surface area contributed by atoms with Gasteiger partial charge in [-0.1, -0.05) is 6.07 Å². The summed E-state index contributed by atoms with van der Waals surface area (Å²) in [5, 5.41) is 2.87. The summed E-state index contributed by atoms with van der Waals surface area (Å²) in [4.78, 5) is 13.6. The molecule has 0 radical (unpaired) electrons. The Hall–Kier alpha value is -1.55. The lowest BCUT2D eigenvalue weighted by Crippen LogP contribution is -2.34. The molecule has 100 valence electrons. The van der Waals surface area contributed by atoms with E-state index in [0.717, 1.165) is 22.6 Å². The van der Waals surface area contributed by atoms with Crippen molar-refractivity contribution in [2.24, 2.45) is 0 Å². The highest BCUT2D eigenvalue weighted by molar-refractivity contribution is 5.97. The Morgan fingerprint density at radius 3 is 2.44 bits per heavy atom. The molecule has 0 saturated carbocycles. The lowest BCUT2D eigenvalue weighted by Gasteiger charge is -2.24. The van der Waals surface area contributed by atoms with Crippen molar-refractivity contribution in [2.45, 2.75) is 20.8 Å². The van der Waals surface area contributed by atoms with E-state index in [1.807, 2.05) is 20.8 Å². The molecule has 0 unspecified atom stereocenters. The highest BCUT2D eigenvalue weighted by Crippen LogP contribution is 2.36. The van der Waals surface area contributed by atoms with Crippen LogP contribution in [0.5, 0.6) is 5.75 Å². The number of carbonyl (C=O) groups is 1. The molecule has 1 aromatic rings. The number of rotatable bonds is 4. The number of nitrogens with one attached hydrogen (secondary N) is 1. The standard InChI is InChI=1S/C14H22N2O2/c1-9-7-10(2)13(14(18-6)11(9)3)16(5)12(17)8-15-4/h7,15H,8H2,1-6H3. The zero-order chi connectivity index (χ0) is 13.9. The van der Waals surface area contributed by atoms with E-state index in [1.165, 1.54) is 5.56 Å². The van der Waals surface area contributed by atoms with E-state index in [1.54, 1.807) is 26.1 Å². The topological polar surface area (TPSA) is 41.6 Å². The van der Waals surface area contributed by atoms with Crippen molar-refractivity contribution in [2.75, 3.05) is 32.6 Å². The summed E-state index contributed by atoms with van der Waals surface area (Å²) in [6, 6.07) is 2.08. The van der Waals surface area contributed by atoms with Crippen molar-refractivity contribution >= 4 is 11.6 Å². The number of carbonyl (C=O) groups excluding carboxylic acids is 1. The number of hydrogen-bond acceptors (Lipinski definition) is 3. The van der Waals surface area contributed by atoms with Crippen molar-refractivity contribution in [1.82, 2.24) is 5.32 Å². The largest absolute Gasteiger partial charge is 0.494 e. The Morgan fingerprint density at radius 1 is 1.33 bits per heavy atom. The number of nitrogens with zero attached hydrogens (tertiary/aromatic N) is 1. The minimum absolute atomic E-state index is 0.0159. The lowest BCUT2D eigenvalue weighted by atomic mass is 10.0. The smallest absolute Gasteiger partial charge is 0.240 e. The van der Waals surface area contributed by atoms with Crippen LogP contribution in [-0.2, 0) is 4.79 Å². The Labute approximate surface area is 109 Å². The van der Waals surface area contributed by atoms with Gasteiger partial charge in [-0.05, 0) is 44.5 Å². The molecule has 0 atom stereocenters. The van der Waals surface area contributed by atoms with Crippen molar-refractivity contribution < 1.29 is 9.53 Å². The molecule has 0 spiro atoms. The number of anilines is 1. The number of benzene rings is 1. The van der Waals surface area contributed by atoms with E-state index in [-0.39, 0.29) is 5.91 Å². The number of likely N-dealkylation sites (N-methyl/N-ethyl adjacent to an activating group) is 2. The van der Waals surface area contributed by atoms with Gasteiger partial charge in [0, 0.05) is 7.05 Å². The molecular formula is C14H22N2O2. The van der Waals surface area contributed by atoms with Crippen molar-refractivity contribution in [3.05, 3.63) is 22.8 Å². The molecule has 4 nitrogen and oxygen atoms in total. The quantitative estimate of drug-likeness (QED) is 0.886. The first-order valence-electron chi connectivity index (χ1n) is 6.00. The molecule has 1 aromatic carbocycles. The van der Waals surface area contributed by atoms with Gasteiger partial charge >= 0.3 is 0 Å². The first-order valence-corrected chi connectivity index (χ1v) is 6.00. The summed E-state index contributed by atoms with van der Waals surface area (Å²) < 4.78 is 5.47. The van der Waals surface area contributed by atoms with Crippen LogP contribution < -0.4 is 15.0 Å². The zero-order valence-electron chi connectivity index (χ0n) is 12.0. The molecule has 4 heteroatoms. The maximum atomic E-state index is 12.0. The van der Waals surface area contributed by atoms with Gasteiger partial charge < -0.3 is 15.0 Å². The van der Waals surface area contributed by atoms with Gasteiger partial charge in [-0.15, -0.1) is 0 Å². The molecule has 1 N–H and O–H groups in total. The highest BCUT2D eigenvalue weighted by atomic mass is 16.5. The fraction of sp³-hybridized carbons (Fsp3) is 0.500. The van der Waals surface area contributed by atoms with Crippen LogP contribution in [0.25, 0.3) is 0 Å². The highest BCUT2D eigenvalue weighted by Gasteiger charge is 2.19. The van der Waals surface area contributed by atoms with Crippen LogP contribution in [0, 0.1) is 20.8 Å². The average Bonchev–Trinajstić information content (AvgIpc) is 2.32. The predicted octanol–water partition coefficient (Wildman–Crippen LogP) is 1.80. The van der Waals surface area contributed by atoms with Gasteiger partial charge in [0.25, 0.3) is 0 Å². The average molecular weight is 250 g/mol. The third-order valence-electron chi connectivity index (χ3n) is 3.20. The third-order valence-corrected chi connectivity index (χ3v) is 3.20. The van der Waals surface area contributed by atoms with Crippen LogP contribution in [0.3, 0.4) is 0 Å². The van der Waals surface area contributed by atoms with Crippen molar-refractivity contribution in [3.8, 4) is 5.75 Å². The second-order valence-electron chi connectivity index (χ2n) is 4.50. The summed E-state index contributed by atoms with van der Waals surface area (Å²) in [7, 11) is 5.18. The van der Waals surface area contributed by atoms with E-state index in [9.17, 15) is 4.79 Å². The molecule has 0 aliphatic heterocycles. The first kappa shape index (κ1) is 14.5. The molecule has 1 rings (SSSR count). The van der Waals surface area contributed by atoms with Crippen LogP contribution >= 0.6 is 0 Å². The van der Waals surface area contributed by atoms with Crippen molar-refractivity contribution in [3.63, 3.8) is 0 Å². The fourth-order valence-corrected chi connectivity index (χ4v) is 2.10. The number of hydrogen-bond donors (Lipinski definition) is 1. The maximum absolute atomic E-state index is 12.0. The molecule has 1 amide bonds. The second kappa shape index (κ2) is 5.87. The molecule has 0 aliphatic rings. The minimum atomic E-state index is 0.0159. The van der Waals surface area contributed by atoms with Gasteiger partial charge in [0.2, 0.25) is 5.91 Å². The number of methoxy groups -OCH3 is 1. The molecule has 18 heavy (non-hydrogen) atoms. The molecule has 0 aliphatic carbocycles. The van der Waals surface area contributed by atoms with Gasteiger partial charge in [-0.2, -0.15) is 0 Å². The Balaban J connectivity index is 3.31. The van der Waals surface area contributed by atoms with Crippen LogP contribution in [0.1, 0.15) is 16.7 Å². The second-order valence-corrected chi connectivity index (χ2v) is 4.50. The summed E-state index contributed by atoms with van der Waals surface area (Å²) in [6.45, 7) is 6.36. The van der Waals surface area contributed by atoms with Crippen LogP contribution in [0.4, 0.5) is 5.69 Å². The zero-order valence-corrected chi connectivity index (χ0v) is 12.0. The lowest BCUT2D eigenvalue weighted by molar-refractivity contribution is -0.117. The van der Waals surface area contributed by atoms with Crippen LogP contribution in [0.2, 0.25) is 0 Å². The van der Waals surface area contributed by atoms with E-state index in [2.05, 4.69) is 11.4 Å². The maximum Gasteiger partial charge on any atom is 0.240 e. The van der Waals surface area contributed by atoms with E-state index < -0.39 is 0 Å². The Kier molecular flexibility index (Phi) is 4.73. The molecule has 0 saturated heterocycles. The number of aryl methyl sites for hydroxylation is 2. The van der Waals surface area contributed by atoms with Crippen LogP contribution in [0.15, 0.2) is 6.07 Å². The predicted molar refractivity (Wildman–Crippen MR) is 74.5 cm³/mol. The van der Waals surface area contributed by atoms with E-state index >= 15 is 0 Å². The molecule has 0 fully saturated rings. The monoisotopic (exact) mass is 250 g/mol. The van der Waals surface area contributed by atoms with Gasteiger partial charge in [-0.25, -0.2) is 0 Å². The summed E-state index contributed by atoms with van der Waals surface area (Å²) in [5.41, 5.74) is 4.13. The molecule has 0 aromatic heterocycles. The summed E-state index contributed by atoms with van der Waals surface area (Å²) in [6.07, 6.45) is 0. The first-order chi connectivity index (χ1) is 8.43. The molecular weight excluding hydrogens is 228 g/mol. The van der Waals surface area contributed by atoms with Crippen LogP contribution in [-0.4, -0.2) is 33.7 Å². The Morgan fingerprint density at radius 2 is 1.94 bits per heavy atom. The van der Waals surface area contributed by atoms with Gasteiger partial charge in [0.1, 0.15) is 5.75 Å². The summed E-state index contributed by atoms with van der Waals surface area (Å²) >= 11 is 0. The normalized spacial score (nSPS) is 10.3.